The molecule has 0 unspecified atom stereocenters. The molecule has 0 bridgehead atoms. The average Bonchev–Trinajstić information content (AvgIpc) is 2.49. The van der Waals surface area contributed by atoms with Gasteiger partial charge in [-0.1, -0.05) is 11.6 Å². The number of pyridine rings is 1. The van der Waals surface area contributed by atoms with E-state index in [4.69, 9.17) is 11.6 Å². The van der Waals surface area contributed by atoms with Crippen molar-refractivity contribution in [1.29, 1.82) is 0 Å². The minimum Gasteiger partial charge on any atom is -0.294 e. The number of halogens is 1. The number of nitrogens with zero attached hydrogens (tertiary/aromatic N) is 1. The average molecular weight is 212 g/mol. The van der Waals surface area contributed by atoms with Crippen molar-refractivity contribution in [2.75, 3.05) is 0 Å². The fourth-order valence-electron chi connectivity index (χ4n) is 1.10. The number of ketones is 1. The van der Waals surface area contributed by atoms with Gasteiger partial charge in [0.1, 0.15) is 0 Å². The maximum atomic E-state index is 11.1. The summed E-state index contributed by atoms with van der Waals surface area (Å²) in [5.74, 6) is 0.0669. The van der Waals surface area contributed by atoms with Crippen LogP contribution in [-0.2, 0) is 0 Å². The first-order valence-corrected chi connectivity index (χ1v) is 4.92. The Morgan fingerprint density at radius 2 is 2.31 bits per heavy atom. The summed E-state index contributed by atoms with van der Waals surface area (Å²) in [4.78, 5) is 15.8. The Kier molecular flexibility index (Phi) is 2.06. The monoisotopic (exact) mass is 211 g/mol. The number of carbonyl (C=O) groups is 1. The maximum absolute atomic E-state index is 11.1. The molecule has 0 atom stereocenters. The van der Waals surface area contributed by atoms with E-state index >= 15 is 0 Å². The van der Waals surface area contributed by atoms with Crippen molar-refractivity contribution in [1.82, 2.24) is 4.98 Å². The van der Waals surface area contributed by atoms with Crippen molar-refractivity contribution < 1.29 is 4.79 Å². The molecular formula is C9H6ClNOS. The number of hydrogen-bond acceptors (Lipinski definition) is 3. The summed E-state index contributed by atoms with van der Waals surface area (Å²) in [5, 5.41) is 1.51. The smallest absolute Gasteiger partial charge is 0.169 e. The summed E-state index contributed by atoms with van der Waals surface area (Å²) in [7, 11) is 0. The molecule has 13 heavy (non-hydrogen) atoms. The zero-order valence-corrected chi connectivity index (χ0v) is 8.45. The molecule has 0 radical (unpaired) electrons. The van der Waals surface area contributed by atoms with E-state index in [2.05, 4.69) is 4.98 Å². The predicted molar refractivity (Wildman–Crippen MR) is 54.6 cm³/mol. The quantitative estimate of drug-likeness (QED) is 0.679. The molecule has 0 aliphatic heterocycles. The van der Waals surface area contributed by atoms with Gasteiger partial charge in [-0.3, -0.25) is 9.78 Å². The summed E-state index contributed by atoms with van der Waals surface area (Å²) in [5.41, 5.74) is 0. The first-order chi connectivity index (χ1) is 6.18. The highest BCUT2D eigenvalue weighted by Gasteiger charge is 2.07. The van der Waals surface area contributed by atoms with Crippen LogP contribution in [0.4, 0.5) is 0 Å². The van der Waals surface area contributed by atoms with E-state index in [9.17, 15) is 4.79 Å². The molecule has 2 heterocycles. The molecule has 2 aromatic heterocycles. The van der Waals surface area contributed by atoms with Gasteiger partial charge in [0.2, 0.25) is 0 Å². The van der Waals surface area contributed by atoms with Crippen molar-refractivity contribution >= 4 is 38.8 Å². The summed E-state index contributed by atoms with van der Waals surface area (Å²) >= 11 is 7.33. The second-order valence-electron chi connectivity index (χ2n) is 2.70. The van der Waals surface area contributed by atoms with E-state index < -0.39 is 0 Å². The summed E-state index contributed by atoms with van der Waals surface area (Å²) in [6.45, 7) is 1.55. The van der Waals surface area contributed by atoms with Crippen LogP contribution in [0.2, 0.25) is 5.02 Å². The van der Waals surface area contributed by atoms with E-state index in [-0.39, 0.29) is 5.78 Å². The summed E-state index contributed by atoms with van der Waals surface area (Å²) in [6, 6.07) is 1.81. The van der Waals surface area contributed by atoms with Gasteiger partial charge in [-0.2, -0.15) is 0 Å². The van der Waals surface area contributed by atoms with Crippen molar-refractivity contribution in [2.24, 2.45) is 0 Å². The number of Topliss-reactive ketones (excluding diaryl/α,β-unsaturated/α-hetero) is 1. The lowest BCUT2D eigenvalue weighted by Gasteiger charge is -1.88. The lowest BCUT2D eigenvalue weighted by Crippen LogP contribution is -1.83. The van der Waals surface area contributed by atoms with Crippen molar-refractivity contribution in [3.63, 3.8) is 0 Å². The van der Waals surface area contributed by atoms with Gasteiger partial charge in [0.25, 0.3) is 0 Å². The molecule has 0 spiro atoms. The van der Waals surface area contributed by atoms with Gasteiger partial charge in [-0.25, -0.2) is 0 Å². The number of hydrogen-bond donors (Lipinski definition) is 0. The molecule has 0 fully saturated rings. The fourth-order valence-corrected chi connectivity index (χ4v) is 2.32. The van der Waals surface area contributed by atoms with Crippen molar-refractivity contribution in [3.05, 3.63) is 28.4 Å². The Hall–Kier alpha value is -0.930. The highest BCUT2D eigenvalue weighted by Crippen LogP contribution is 2.30. The Labute approximate surface area is 84.2 Å². The third kappa shape index (κ3) is 1.45. The SMILES string of the molecule is CC(=O)c1cc2c(Cl)cncc2s1. The summed E-state index contributed by atoms with van der Waals surface area (Å²) < 4.78 is 0.956. The number of carbonyl (C=O) groups excluding carboxylic acids is 1. The minimum absolute atomic E-state index is 0.0669. The molecule has 2 rings (SSSR count). The summed E-state index contributed by atoms with van der Waals surface area (Å²) in [6.07, 6.45) is 3.30. The Morgan fingerprint density at radius 1 is 1.54 bits per heavy atom. The van der Waals surface area contributed by atoms with Gasteiger partial charge in [-0.15, -0.1) is 11.3 Å². The van der Waals surface area contributed by atoms with Crippen molar-refractivity contribution in [2.45, 2.75) is 6.92 Å². The largest absolute Gasteiger partial charge is 0.294 e. The highest BCUT2D eigenvalue weighted by molar-refractivity contribution is 7.20. The van der Waals surface area contributed by atoms with Crippen LogP contribution in [0, 0.1) is 0 Å². The van der Waals surface area contributed by atoms with E-state index in [0.717, 1.165) is 15.0 Å². The molecule has 0 aromatic carbocycles. The van der Waals surface area contributed by atoms with Gasteiger partial charge < -0.3 is 0 Å². The molecule has 0 aliphatic carbocycles. The number of rotatable bonds is 1. The molecule has 4 heteroatoms. The minimum atomic E-state index is 0.0669. The molecule has 0 saturated carbocycles. The molecule has 0 N–H and O–H groups in total. The predicted octanol–water partition coefficient (Wildman–Crippen LogP) is 3.15. The maximum Gasteiger partial charge on any atom is 0.169 e. The van der Waals surface area contributed by atoms with E-state index in [1.54, 1.807) is 19.3 Å². The van der Waals surface area contributed by atoms with Crippen LogP contribution in [0.1, 0.15) is 16.6 Å². The number of fused-ring (bicyclic) bond motifs is 1. The normalized spacial score (nSPS) is 10.6. The molecule has 2 aromatic rings. The van der Waals surface area contributed by atoms with Gasteiger partial charge in [-0.05, 0) is 13.0 Å². The van der Waals surface area contributed by atoms with Crippen LogP contribution in [0.15, 0.2) is 18.5 Å². The van der Waals surface area contributed by atoms with Crippen LogP contribution in [0.3, 0.4) is 0 Å². The Balaban J connectivity index is 2.75. The van der Waals surface area contributed by atoms with Crippen LogP contribution >= 0.6 is 22.9 Å². The molecule has 0 saturated heterocycles. The zero-order valence-electron chi connectivity index (χ0n) is 6.87. The Morgan fingerprint density at radius 3 is 2.92 bits per heavy atom. The molecular weight excluding hydrogens is 206 g/mol. The van der Waals surface area contributed by atoms with Crippen LogP contribution in [0.25, 0.3) is 10.1 Å². The van der Waals surface area contributed by atoms with Crippen LogP contribution in [-0.4, -0.2) is 10.8 Å². The lowest BCUT2D eigenvalue weighted by molar-refractivity contribution is 0.102. The molecule has 66 valence electrons. The lowest BCUT2D eigenvalue weighted by atomic mass is 10.3. The standard InChI is InChI=1S/C9H6ClNOS/c1-5(12)8-2-6-7(10)3-11-4-9(6)13-8/h2-4H,1H3. The zero-order chi connectivity index (χ0) is 9.42. The van der Waals surface area contributed by atoms with Crippen LogP contribution < -0.4 is 0 Å². The highest BCUT2D eigenvalue weighted by atomic mass is 35.5. The third-order valence-corrected chi connectivity index (χ3v) is 3.22. The fraction of sp³-hybridized carbons (Fsp3) is 0.111. The van der Waals surface area contributed by atoms with Crippen molar-refractivity contribution in [3.8, 4) is 0 Å². The molecule has 0 amide bonds. The first-order valence-electron chi connectivity index (χ1n) is 3.72. The Bertz CT molecular complexity index is 477. The first kappa shape index (κ1) is 8.66. The van der Waals surface area contributed by atoms with Gasteiger partial charge in [0.15, 0.2) is 5.78 Å². The van der Waals surface area contributed by atoms with E-state index in [1.807, 2.05) is 6.07 Å². The third-order valence-electron chi connectivity index (χ3n) is 1.74. The topological polar surface area (TPSA) is 30.0 Å². The van der Waals surface area contributed by atoms with E-state index in [1.165, 1.54) is 11.3 Å². The van der Waals surface area contributed by atoms with E-state index in [0.29, 0.717) is 5.02 Å². The molecule has 2 nitrogen and oxygen atoms in total. The van der Waals surface area contributed by atoms with Gasteiger partial charge >= 0.3 is 0 Å². The molecule has 0 aliphatic rings. The van der Waals surface area contributed by atoms with Gasteiger partial charge in [0, 0.05) is 17.8 Å². The second kappa shape index (κ2) is 3.09. The number of aromatic nitrogens is 1. The number of thiophene rings is 1. The van der Waals surface area contributed by atoms with Crippen LogP contribution in [0.5, 0.6) is 0 Å². The van der Waals surface area contributed by atoms with Gasteiger partial charge in [0.05, 0.1) is 14.6 Å². The second-order valence-corrected chi connectivity index (χ2v) is 4.19.